The molecule has 6 heteroatoms. The zero-order valence-electron chi connectivity index (χ0n) is 17.8. The van der Waals surface area contributed by atoms with Crippen molar-refractivity contribution in [3.63, 3.8) is 0 Å². The summed E-state index contributed by atoms with van der Waals surface area (Å²) < 4.78 is 23.4. The second-order valence-corrected chi connectivity index (χ2v) is 6.77. The average Bonchev–Trinajstić information content (AvgIpc) is 2.63. The molecule has 3 atom stereocenters. The number of methoxy groups -OCH3 is 1. The van der Waals surface area contributed by atoms with Crippen LogP contribution in [0.15, 0.2) is 0 Å². The molecule has 0 saturated carbocycles. The van der Waals surface area contributed by atoms with E-state index in [1.54, 1.807) is 26.1 Å². The Labute approximate surface area is 160 Å². The highest BCUT2D eigenvalue weighted by Crippen LogP contribution is 2.16. The SMILES string of the molecule is CCCCOC[C@@H](OC)[C@@H](OCCCC)[C@@H](OCCCC)C(=O)N(C)C. The number of carbonyl (C=O) groups is 1. The Balaban J connectivity index is 5.17. The van der Waals surface area contributed by atoms with E-state index >= 15 is 0 Å². The van der Waals surface area contributed by atoms with Gasteiger partial charge in [0, 0.05) is 41.0 Å². The topological polar surface area (TPSA) is 57.2 Å². The molecule has 0 aliphatic heterocycles. The Morgan fingerprint density at radius 2 is 1.42 bits per heavy atom. The van der Waals surface area contributed by atoms with Gasteiger partial charge in [-0.1, -0.05) is 40.0 Å². The Morgan fingerprint density at radius 3 is 1.92 bits per heavy atom. The standard InChI is InChI=1S/C20H41NO5/c1-7-10-13-24-16-17(23-6)18(25-14-11-8-2)19(20(22)21(4)5)26-15-12-9-3/h17-19H,7-16H2,1-6H3/t17-,18-,19-/m1/s1. The predicted molar refractivity (Wildman–Crippen MR) is 105 cm³/mol. The molecule has 0 aromatic heterocycles. The van der Waals surface area contributed by atoms with Crippen LogP contribution in [0.25, 0.3) is 0 Å². The largest absolute Gasteiger partial charge is 0.379 e. The highest BCUT2D eigenvalue weighted by Gasteiger charge is 2.37. The highest BCUT2D eigenvalue weighted by atomic mass is 16.6. The van der Waals surface area contributed by atoms with Gasteiger partial charge in [0.25, 0.3) is 5.91 Å². The molecule has 0 fully saturated rings. The summed E-state index contributed by atoms with van der Waals surface area (Å²) in [6.45, 7) is 8.51. The molecular weight excluding hydrogens is 334 g/mol. The lowest BCUT2D eigenvalue weighted by Gasteiger charge is -2.33. The van der Waals surface area contributed by atoms with Crippen molar-refractivity contribution in [3.05, 3.63) is 0 Å². The number of rotatable bonds is 17. The molecule has 0 aliphatic rings. The summed E-state index contributed by atoms with van der Waals surface area (Å²) in [5.41, 5.74) is 0. The number of hydrogen-bond acceptors (Lipinski definition) is 5. The summed E-state index contributed by atoms with van der Waals surface area (Å²) in [4.78, 5) is 14.3. The van der Waals surface area contributed by atoms with Gasteiger partial charge in [-0.3, -0.25) is 4.79 Å². The van der Waals surface area contributed by atoms with Crippen LogP contribution in [-0.4, -0.2) is 76.8 Å². The van der Waals surface area contributed by atoms with Crippen molar-refractivity contribution in [1.82, 2.24) is 4.90 Å². The first-order valence-electron chi connectivity index (χ1n) is 10.1. The third-order valence-electron chi connectivity index (χ3n) is 4.18. The van der Waals surface area contributed by atoms with Crippen LogP contribution < -0.4 is 0 Å². The molecule has 0 aromatic carbocycles. The molecule has 0 heterocycles. The van der Waals surface area contributed by atoms with Gasteiger partial charge in [0.2, 0.25) is 0 Å². The van der Waals surface area contributed by atoms with Gasteiger partial charge < -0.3 is 23.8 Å². The Hall–Kier alpha value is -0.690. The maximum Gasteiger partial charge on any atom is 0.254 e. The van der Waals surface area contributed by atoms with Crippen LogP contribution in [0.4, 0.5) is 0 Å². The number of ether oxygens (including phenoxy) is 4. The zero-order valence-corrected chi connectivity index (χ0v) is 17.8. The fourth-order valence-corrected chi connectivity index (χ4v) is 2.41. The summed E-state index contributed by atoms with van der Waals surface area (Å²) in [5.74, 6) is -0.0989. The minimum Gasteiger partial charge on any atom is -0.379 e. The van der Waals surface area contributed by atoms with E-state index in [0.717, 1.165) is 38.5 Å². The van der Waals surface area contributed by atoms with Gasteiger partial charge in [0.05, 0.1) is 6.61 Å². The second-order valence-electron chi connectivity index (χ2n) is 6.77. The number of unbranched alkanes of at least 4 members (excludes halogenated alkanes) is 3. The minimum atomic E-state index is -0.687. The molecule has 0 unspecified atom stereocenters. The number of hydrogen-bond donors (Lipinski definition) is 0. The lowest BCUT2D eigenvalue weighted by atomic mass is 10.1. The molecule has 26 heavy (non-hydrogen) atoms. The van der Waals surface area contributed by atoms with Gasteiger partial charge in [0.1, 0.15) is 12.2 Å². The molecule has 0 rings (SSSR count). The number of likely N-dealkylation sites (N-methyl/N-ethyl adjacent to an activating group) is 1. The summed E-state index contributed by atoms with van der Waals surface area (Å²) in [6.07, 6.45) is 4.44. The first-order valence-corrected chi connectivity index (χ1v) is 10.1. The first-order chi connectivity index (χ1) is 12.5. The third-order valence-corrected chi connectivity index (χ3v) is 4.18. The number of carbonyl (C=O) groups excluding carboxylic acids is 1. The van der Waals surface area contributed by atoms with Crippen molar-refractivity contribution < 1.29 is 23.7 Å². The van der Waals surface area contributed by atoms with E-state index in [1.165, 1.54) is 0 Å². The summed E-state index contributed by atoms with van der Waals surface area (Å²) in [7, 11) is 5.11. The Morgan fingerprint density at radius 1 is 0.885 bits per heavy atom. The lowest BCUT2D eigenvalue weighted by Crippen LogP contribution is -2.52. The average molecular weight is 376 g/mol. The van der Waals surface area contributed by atoms with Crippen molar-refractivity contribution in [2.45, 2.75) is 77.6 Å². The van der Waals surface area contributed by atoms with Gasteiger partial charge in [-0.05, 0) is 19.3 Å². The monoisotopic (exact) mass is 375 g/mol. The fraction of sp³-hybridized carbons (Fsp3) is 0.950. The molecule has 6 nitrogen and oxygen atoms in total. The van der Waals surface area contributed by atoms with E-state index in [0.29, 0.717) is 26.4 Å². The smallest absolute Gasteiger partial charge is 0.254 e. The molecule has 0 radical (unpaired) electrons. The summed E-state index contributed by atoms with van der Waals surface area (Å²) >= 11 is 0. The van der Waals surface area contributed by atoms with Gasteiger partial charge in [-0.25, -0.2) is 0 Å². The van der Waals surface area contributed by atoms with Gasteiger partial charge >= 0.3 is 0 Å². The van der Waals surface area contributed by atoms with Crippen LogP contribution in [0.1, 0.15) is 59.3 Å². The van der Waals surface area contributed by atoms with E-state index in [9.17, 15) is 4.79 Å². The van der Waals surface area contributed by atoms with Crippen molar-refractivity contribution in [3.8, 4) is 0 Å². The van der Waals surface area contributed by atoms with E-state index < -0.39 is 12.2 Å². The van der Waals surface area contributed by atoms with Gasteiger partial charge in [-0.2, -0.15) is 0 Å². The first kappa shape index (κ1) is 25.3. The quantitative estimate of drug-likeness (QED) is 0.365. The molecule has 0 bridgehead atoms. The van der Waals surface area contributed by atoms with Crippen LogP contribution >= 0.6 is 0 Å². The van der Waals surface area contributed by atoms with Crippen LogP contribution in [0, 0.1) is 0 Å². The molecule has 0 aliphatic carbocycles. The van der Waals surface area contributed by atoms with Crippen LogP contribution in [0.5, 0.6) is 0 Å². The maximum absolute atomic E-state index is 12.7. The van der Waals surface area contributed by atoms with Crippen LogP contribution in [0.2, 0.25) is 0 Å². The fourth-order valence-electron chi connectivity index (χ4n) is 2.41. The third kappa shape index (κ3) is 10.5. The minimum absolute atomic E-state index is 0.0989. The van der Waals surface area contributed by atoms with E-state index in [4.69, 9.17) is 18.9 Å². The zero-order chi connectivity index (χ0) is 19.8. The molecular formula is C20H41NO5. The molecule has 0 N–H and O–H groups in total. The maximum atomic E-state index is 12.7. The second kappa shape index (κ2) is 16.5. The summed E-state index contributed by atoms with van der Waals surface area (Å²) in [5, 5.41) is 0. The van der Waals surface area contributed by atoms with Crippen LogP contribution in [-0.2, 0) is 23.7 Å². The molecule has 0 saturated heterocycles. The molecule has 0 aromatic rings. The normalized spacial score (nSPS) is 14.8. The van der Waals surface area contributed by atoms with Crippen molar-refractivity contribution >= 4 is 5.91 Å². The Bertz CT molecular complexity index is 338. The van der Waals surface area contributed by atoms with Gasteiger partial charge in [-0.15, -0.1) is 0 Å². The lowest BCUT2D eigenvalue weighted by molar-refractivity contribution is -0.172. The van der Waals surface area contributed by atoms with Crippen LogP contribution in [0.3, 0.4) is 0 Å². The van der Waals surface area contributed by atoms with Crippen molar-refractivity contribution in [2.75, 3.05) is 47.6 Å². The van der Waals surface area contributed by atoms with Gasteiger partial charge in [0.15, 0.2) is 6.10 Å². The molecule has 1 amide bonds. The van der Waals surface area contributed by atoms with E-state index in [1.807, 2.05) is 0 Å². The molecule has 156 valence electrons. The van der Waals surface area contributed by atoms with E-state index in [-0.39, 0.29) is 12.0 Å². The predicted octanol–water partition coefficient (Wildman–Crippen LogP) is 3.28. The highest BCUT2D eigenvalue weighted by molar-refractivity contribution is 5.81. The van der Waals surface area contributed by atoms with E-state index in [2.05, 4.69) is 20.8 Å². The van der Waals surface area contributed by atoms with Crippen molar-refractivity contribution in [2.24, 2.45) is 0 Å². The van der Waals surface area contributed by atoms with Crippen molar-refractivity contribution in [1.29, 1.82) is 0 Å². The Kier molecular flexibility index (Phi) is 16.0. The summed E-state index contributed by atoms with van der Waals surface area (Å²) in [6, 6.07) is 0. The number of amides is 1. The molecule has 0 spiro atoms. The number of nitrogens with zero attached hydrogens (tertiary/aromatic N) is 1.